The number of aromatic nitrogens is 1. The number of nitrogens with two attached hydrogens (primary N) is 1. The van der Waals surface area contributed by atoms with Gasteiger partial charge < -0.3 is 15.4 Å². The Morgan fingerprint density at radius 1 is 1.24 bits per heavy atom. The van der Waals surface area contributed by atoms with Gasteiger partial charge in [0, 0.05) is 51.7 Å². The Balaban J connectivity index is 1.64. The number of nitrogens with zero attached hydrogens (tertiary/aromatic N) is 3. The van der Waals surface area contributed by atoms with Gasteiger partial charge in [0.2, 0.25) is 0 Å². The van der Waals surface area contributed by atoms with E-state index in [1.54, 1.807) is 7.11 Å². The van der Waals surface area contributed by atoms with Crippen LogP contribution in [-0.2, 0) is 11.3 Å². The van der Waals surface area contributed by atoms with Crippen LogP contribution in [-0.4, -0.2) is 49.3 Å². The summed E-state index contributed by atoms with van der Waals surface area (Å²) >= 11 is 0. The van der Waals surface area contributed by atoms with E-state index in [4.69, 9.17) is 10.5 Å². The summed E-state index contributed by atoms with van der Waals surface area (Å²) in [5, 5.41) is 0. The minimum Gasteiger partial charge on any atom is -0.381 e. The molecule has 0 spiro atoms. The van der Waals surface area contributed by atoms with Crippen LogP contribution in [0.25, 0.3) is 0 Å². The van der Waals surface area contributed by atoms with Crippen LogP contribution in [0.1, 0.15) is 18.4 Å². The number of benzene rings is 1. The number of ether oxygens (including phenoxy) is 1. The largest absolute Gasteiger partial charge is 0.381 e. The standard InChI is InChI=1S/C20H28N4O/c1-23(17-6-4-3-5-7-17)20-9-8-16(14-22-20)15-24-11-10-19(25-2)12-18(24)13-21/h3-9,14,18-19H,10-13,15,21H2,1-2H3. The number of rotatable bonds is 6. The molecule has 1 aliphatic rings. The third kappa shape index (κ3) is 4.37. The van der Waals surface area contributed by atoms with Gasteiger partial charge in [0.1, 0.15) is 5.82 Å². The predicted molar refractivity (Wildman–Crippen MR) is 102 cm³/mol. The molecule has 1 saturated heterocycles. The quantitative estimate of drug-likeness (QED) is 0.876. The lowest BCUT2D eigenvalue weighted by Gasteiger charge is -2.38. The van der Waals surface area contributed by atoms with Crippen LogP contribution in [0.2, 0.25) is 0 Å². The summed E-state index contributed by atoms with van der Waals surface area (Å²) in [7, 11) is 3.83. The van der Waals surface area contributed by atoms with Crippen molar-refractivity contribution >= 4 is 11.5 Å². The zero-order chi connectivity index (χ0) is 17.6. The van der Waals surface area contributed by atoms with Crippen molar-refractivity contribution in [3.8, 4) is 0 Å². The fraction of sp³-hybridized carbons (Fsp3) is 0.450. The van der Waals surface area contributed by atoms with Gasteiger partial charge in [-0.25, -0.2) is 4.98 Å². The number of hydrogen-bond donors (Lipinski definition) is 1. The molecule has 0 radical (unpaired) electrons. The summed E-state index contributed by atoms with van der Waals surface area (Å²) in [5.74, 6) is 0.948. The maximum absolute atomic E-state index is 5.97. The maximum Gasteiger partial charge on any atom is 0.132 e. The lowest BCUT2D eigenvalue weighted by molar-refractivity contribution is 0.0102. The second-order valence-electron chi connectivity index (χ2n) is 6.66. The summed E-state index contributed by atoms with van der Waals surface area (Å²) in [6.07, 6.45) is 4.39. The highest BCUT2D eigenvalue weighted by Crippen LogP contribution is 2.23. The number of likely N-dealkylation sites (tertiary alicyclic amines) is 1. The number of hydrogen-bond acceptors (Lipinski definition) is 5. The molecule has 5 heteroatoms. The fourth-order valence-electron chi connectivity index (χ4n) is 3.46. The first kappa shape index (κ1) is 17.9. The molecule has 2 atom stereocenters. The zero-order valence-corrected chi connectivity index (χ0v) is 15.1. The van der Waals surface area contributed by atoms with Crippen molar-refractivity contribution in [2.45, 2.75) is 31.5 Å². The molecule has 0 saturated carbocycles. The molecule has 0 amide bonds. The van der Waals surface area contributed by atoms with Crippen molar-refractivity contribution in [1.82, 2.24) is 9.88 Å². The topological polar surface area (TPSA) is 54.6 Å². The fourth-order valence-corrected chi connectivity index (χ4v) is 3.46. The molecular formula is C20H28N4O. The Morgan fingerprint density at radius 2 is 2.04 bits per heavy atom. The molecule has 2 unspecified atom stereocenters. The summed E-state index contributed by atoms with van der Waals surface area (Å²) in [4.78, 5) is 9.19. The summed E-state index contributed by atoms with van der Waals surface area (Å²) in [5.41, 5.74) is 8.33. The van der Waals surface area contributed by atoms with Gasteiger partial charge in [-0.1, -0.05) is 24.3 Å². The van der Waals surface area contributed by atoms with Gasteiger partial charge in [0.25, 0.3) is 0 Å². The first-order chi connectivity index (χ1) is 12.2. The van der Waals surface area contributed by atoms with Gasteiger partial charge in [0.05, 0.1) is 6.10 Å². The molecule has 0 aliphatic carbocycles. The third-order valence-electron chi connectivity index (χ3n) is 5.08. The first-order valence-electron chi connectivity index (χ1n) is 8.92. The third-order valence-corrected chi connectivity index (χ3v) is 5.08. The van der Waals surface area contributed by atoms with Crippen molar-refractivity contribution in [3.63, 3.8) is 0 Å². The lowest BCUT2D eigenvalue weighted by atomic mass is 9.98. The highest BCUT2D eigenvalue weighted by molar-refractivity contribution is 5.58. The first-order valence-corrected chi connectivity index (χ1v) is 8.92. The second kappa shape index (κ2) is 8.43. The molecule has 134 valence electrons. The molecule has 1 aliphatic heterocycles. The smallest absolute Gasteiger partial charge is 0.132 e. The van der Waals surface area contributed by atoms with E-state index < -0.39 is 0 Å². The molecule has 2 aromatic rings. The SMILES string of the molecule is COC1CCN(Cc2ccc(N(C)c3ccccc3)nc2)C(CN)C1. The van der Waals surface area contributed by atoms with Gasteiger partial charge in [-0.15, -0.1) is 0 Å². The van der Waals surface area contributed by atoms with E-state index in [9.17, 15) is 0 Å². The molecule has 3 rings (SSSR count). The molecular weight excluding hydrogens is 312 g/mol. The highest BCUT2D eigenvalue weighted by Gasteiger charge is 2.27. The number of piperidine rings is 1. The Bertz CT molecular complexity index is 647. The van der Waals surface area contributed by atoms with E-state index >= 15 is 0 Å². The van der Waals surface area contributed by atoms with Crippen LogP contribution in [0.4, 0.5) is 11.5 Å². The molecule has 5 nitrogen and oxygen atoms in total. The lowest BCUT2D eigenvalue weighted by Crippen LogP contribution is -2.47. The van der Waals surface area contributed by atoms with Crippen molar-refractivity contribution in [1.29, 1.82) is 0 Å². The molecule has 1 aromatic heterocycles. The monoisotopic (exact) mass is 340 g/mol. The normalized spacial score (nSPS) is 21.2. The molecule has 1 aromatic carbocycles. The van der Waals surface area contributed by atoms with E-state index in [1.165, 1.54) is 5.56 Å². The average Bonchev–Trinajstić information content (AvgIpc) is 2.69. The molecule has 2 N–H and O–H groups in total. The Morgan fingerprint density at radius 3 is 2.68 bits per heavy atom. The number of methoxy groups -OCH3 is 1. The number of pyridine rings is 1. The number of para-hydroxylation sites is 1. The number of anilines is 2. The van der Waals surface area contributed by atoms with E-state index in [-0.39, 0.29) is 0 Å². The molecule has 0 bridgehead atoms. The predicted octanol–water partition coefficient (Wildman–Crippen LogP) is 2.79. The van der Waals surface area contributed by atoms with E-state index in [0.29, 0.717) is 18.7 Å². The molecule has 2 heterocycles. The van der Waals surface area contributed by atoms with E-state index in [1.807, 2.05) is 31.4 Å². The van der Waals surface area contributed by atoms with Crippen LogP contribution in [0.3, 0.4) is 0 Å². The summed E-state index contributed by atoms with van der Waals surface area (Å²) < 4.78 is 5.51. The average molecular weight is 340 g/mol. The van der Waals surface area contributed by atoms with Gasteiger partial charge in [0.15, 0.2) is 0 Å². The van der Waals surface area contributed by atoms with Crippen LogP contribution < -0.4 is 10.6 Å². The van der Waals surface area contributed by atoms with Gasteiger partial charge in [-0.2, -0.15) is 0 Å². The summed E-state index contributed by atoms with van der Waals surface area (Å²) in [6.45, 7) is 2.58. The van der Waals surface area contributed by atoms with Crippen LogP contribution in [0.15, 0.2) is 48.7 Å². The van der Waals surface area contributed by atoms with Gasteiger partial charge in [-0.05, 0) is 36.6 Å². The van der Waals surface area contributed by atoms with E-state index in [2.05, 4.69) is 39.0 Å². The Labute approximate surface area is 150 Å². The van der Waals surface area contributed by atoms with Crippen molar-refractivity contribution in [2.24, 2.45) is 5.73 Å². The van der Waals surface area contributed by atoms with Crippen molar-refractivity contribution in [2.75, 3.05) is 32.1 Å². The minimum atomic E-state index is 0.338. The van der Waals surface area contributed by atoms with Crippen LogP contribution >= 0.6 is 0 Å². The van der Waals surface area contributed by atoms with Crippen LogP contribution in [0, 0.1) is 0 Å². The maximum atomic E-state index is 5.97. The highest BCUT2D eigenvalue weighted by atomic mass is 16.5. The zero-order valence-electron chi connectivity index (χ0n) is 15.1. The molecule has 25 heavy (non-hydrogen) atoms. The summed E-state index contributed by atoms with van der Waals surface area (Å²) in [6, 6.07) is 14.9. The second-order valence-corrected chi connectivity index (χ2v) is 6.66. The van der Waals surface area contributed by atoms with Gasteiger partial charge in [-0.3, -0.25) is 4.90 Å². The molecule has 1 fully saturated rings. The minimum absolute atomic E-state index is 0.338. The Kier molecular flexibility index (Phi) is 6.02. The van der Waals surface area contributed by atoms with E-state index in [0.717, 1.165) is 37.4 Å². The van der Waals surface area contributed by atoms with Crippen molar-refractivity contribution in [3.05, 3.63) is 54.2 Å². The van der Waals surface area contributed by atoms with Crippen molar-refractivity contribution < 1.29 is 4.74 Å². The van der Waals surface area contributed by atoms with Gasteiger partial charge >= 0.3 is 0 Å². The van der Waals surface area contributed by atoms with Crippen LogP contribution in [0.5, 0.6) is 0 Å². The Hall–Kier alpha value is -1.95.